The normalized spacial score (nSPS) is 14.1. The van der Waals surface area contributed by atoms with Crippen LogP contribution in [0.2, 0.25) is 0 Å². The Morgan fingerprint density at radius 2 is 1.06 bits per heavy atom. The van der Waals surface area contributed by atoms with Gasteiger partial charge in [0.25, 0.3) is 0 Å². The Morgan fingerprint density at radius 1 is 0.420 bits per heavy atom. The molecule has 0 saturated carbocycles. The van der Waals surface area contributed by atoms with E-state index in [1.54, 1.807) is 22.8 Å². The second-order valence-corrected chi connectivity index (χ2v) is 11.8. The molecule has 0 aliphatic rings. The van der Waals surface area contributed by atoms with Crippen LogP contribution in [-0.4, -0.2) is 19.5 Å². The van der Waals surface area contributed by atoms with E-state index in [4.69, 9.17) is 30.3 Å². The number of furan rings is 1. The maximum absolute atomic E-state index is 9.18. The number of hydrogen-bond acceptors (Lipinski definition) is 4. The summed E-state index contributed by atoms with van der Waals surface area (Å²) in [6, 6.07) is 32.2. The Bertz CT molecular complexity index is 3350. The van der Waals surface area contributed by atoms with Crippen molar-refractivity contribution in [2.75, 3.05) is 0 Å². The van der Waals surface area contributed by atoms with Gasteiger partial charge in [-0.2, -0.15) is 9.97 Å². The van der Waals surface area contributed by atoms with E-state index >= 15 is 0 Å². The van der Waals surface area contributed by atoms with E-state index in [0.717, 1.165) is 27.5 Å². The van der Waals surface area contributed by atoms with Gasteiger partial charge in [0.2, 0.25) is 5.95 Å². The lowest BCUT2D eigenvalue weighted by molar-refractivity contribution is 0.669. The molecule has 0 spiro atoms. The number of aromatic nitrogens is 4. The van der Waals surface area contributed by atoms with Crippen LogP contribution < -0.4 is 0 Å². The monoisotopic (exact) mass is 649 g/mol. The molecule has 3 aromatic heterocycles. The van der Waals surface area contributed by atoms with Gasteiger partial charge in [-0.1, -0.05) is 127 Å². The lowest BCUT2D eigenvalue weighted by atomic mass is 10.0. The summed E-state index contributed by atoms with van der Waals surface area (Å²) in [6.07, 6.45) is 0. The highest BCUT2D eigenvalue weighted by Gasteiger charge is 2.19. The van der Waals surface area contributed by atoms with Crippen molar-refractivity contribution in [3.63, 3.8) is 0 Å². The molecule has 0 radical (unpaired) electrons. The summed E-state index contributed by atoms with van der Waals surface area (Å²) in [6.45, 7) is 0. The summed E-state index contributed by atoms with van der Waals surface area (Å²) in [5, 5.41) is 2.28. The first-order valence-electron chi connectivity index (χ1n) is 20.5. The summed E-state index contributed by atoms with van der Waals surface area (Å²) in [7, 11) is 0. The van der Waals surface area contributed by atoms with Crippen molar-refractivity contribution in [2.24, 2.45) is 0 Å². The maximum Gasteiger partial charge on any atom is 0.238 e. The molecule has 3 heterocycles. The van der Waals surface area contributed by atoms with Crippen molar-refractivity contribution in [1.82, 2.24) is 19.5 Å². The summed E-state index contributed by atoms with van der Waals surface area (Å²) >= 11 is 0. The van der Waals surface area contributed by atoms with E-state index in [9.17, 15) is 1.37 Å². The molecule has 0 bridgehead atoms. The topological polar surface area (TPSA) is 56.7 Å². The second-order valence-electron chi connectivity index (χ2n) is 11.8. The van der Waals surface area contributed by atoms with Crippen molar-refractivity contribution < 1.29 is 16.8 Å². The van der Waals surface area contributed by atoms with Crippen molar-refractivity contribution in [1.29, 1.82) is 0 Å². The number of para-hydroxylation sites is 2. The molecule has 0 atom stereocenters. The van der Waals surface area contributed by atoms with Crippen LogP contribution in [0.4, 0.5) is 0 Å². The van der Waals surface area contributed by atoms with Crippen LogP contribution in [0, 0.1) is 0 Å². The number of fused-ring (bicyclic) bond motifs is 6. The number of hydrogen-bond donors (Lipinski definition) is 0. The minimum absolute atomic E-state index is 0.0366. The molecule has 50 heavy (non-hydrogen) atoms. The predicted octanol–water partition coefficient (Wildman–Crippen LogP) is 11.5. The van der Waals surface area contributed by atoms with Crippen LogP contribution in [0.5, 0.6) is 0 Å². The van der Waals surface area contributed by atoms with Gasteiger partial charge in [0.05, 0.1) is 23.4 Å². The van der Waals surface area contributed by atoms with Crippen molar-refractivity contribution >= 4 is 43.7 Å². The molecule has 0 saturated heterocycles. The molecular weight excluding hydrogens is 613 g/mol. The fraction of sp³-hybridized carbons (Fsp3) is 0. The molecule has 0 aliphatic carbocycles. The van der Waals surface area contributed by atoms with Crippen molar-refractivity contribution in [3.8, 4) is 51.0 Å². The minimum atomic E-state index is -0.521. The Kier molecular flexibility index (Phi) is 4.67. The predicted molar refractivity (Wildman–Crippen MR) is 203 cm³/mol. The largest absolute Gasteiger partial charge is 0.456 e. The Hall–Kier alpha value is -6.85. The van der Waals surface area contributed by atoms with Gasteiger partial charge in [-0.15, -0.1) is 0 Å². The highest BCUT2D eigenvalue weighted by atomic mass is 16.3. The molecule has 0 N–H and O–H groups in total. The van der Waals surface area contributed by atoms with Gasteiger partial charge >= 0.3 is 0 Å². The first-order chi connectivity index (χ1) is 28.5. The molecular formula is C45H28N4O. The highest BCUT2D eigenvalue weighted by molar-refractivity contribution is 6.10. The van der Waals surface area contributed by atoms with Crippen LogP contribution in [0.15, 0.2) is 174 Å². The molecule has 234 valence electrons. The molecule has 7 aromatic carbocycles. The zero-order chi connectivity index (χ0) is 40.9. The average Bonchev–Trinajstić information content (AvgIpc) is 3.82. The van der Waals surface area contributed by atoms with Gasteiger partial charge in [0.15, 0.2) is 11.6 Å². The average molecular weight is 650 g/mol. The highest BCUT2D eigenvalue weighted by Crippen LogP contribution is 2.36. The van der Waals surface area contributed by atoms with E-state index in [1.165, 1.54) is 0 Å². The number of benzene rings is 7. The molecule has 0 amide bonds. The van der Waals surface area contributed by atoms with Gasteiger partial charge in [0.1, 0.15) is 11.2 Å². The van der Waals surface area contributed by atoms with E-state index in [2.05, 4.69) is 0 Å². The van der Waals surface area contributed by atoms with Gasteiger partial charge in [-0.05, 0) is 64.7 Å². The molecule has 10 rings (SSSR count). The van der Waals surface area contributed by atoms with Crippen LogP contribution in [0.25, 0.3) is 94.7 Å². The summed E-state index contributed by atoms with van der Waals surface area (Å²) in [4.78, 5) is 15.0. The number of rotatable bonds is 5. The quantitative estimate of drug-likeness (QED) is 0.186. The lowest BCUT2D eigenvalue weighted by Crippen LogP contribution is -2.06. The van der Waals surface area contributed by atoms with E-state index in [1.807, 2.05) is 97.1 Å². The van der Waals surface area contributed by atoms with Crippen LogP contribution >= 0.6 is 0 Å². The fourth-order valence-corrected chi connectivity index (χ4v) is 6.51. The third kappa shape index (κ3) is 4.67. The van der Waals surface area contributed by atoms with Crippen molar-refractivity contribution in [3.05, 3.63) is 170 Å². The van der Waals surface area contributed by atoms with E-state index in [0.29, 0.717) is 39.3 Å². The van der Waals surface area contributed by atoms with Crippen molar-refractivity contribution in [2.45, 2.75) is 0 Å². The van der Waals surface area contributed by atoms with E-state index < -0.39 is 42.3 Å². The molecule has 5 nitrogen and oxygen atoms in total. The molecule has 0 fully saturated rings. The minimum Gasteiger partial charge on any atom is -0.456 e. The Balaban J connectivity index is 1.26. The van der Waals surface area contributed by atoms with E-state index in [-0.39, 0.29) is 40.1 Å². The van der Waals surface area contributed by atoms with Crippen LogP contribution in [0.1, 0.15) is 12.3 Å². The summed E-state index contributed by atoms with van der Waals surface area (Å²) in [5.41, 5.74) is 5.53. The zero-order valence-corrected chi connectivity index (χ0v) is 26.2. The second kappa shape index (κ2) is 11.4. The smallest absolute Gasteiger partial charge is 0.238 e. The van der Waals surface area contributed by atoms with Gasteiger partial charge in [-0.3, -0.25) is 4.57 Å². The lowest BCUT2D eigenvalue weighted by Gasteiger charge is -2.11. The van der Waals surface area contributed by atoms with Gasteiger partial charge < -0.3 is 4.42 Å². The van der Waals surface area contributed by atoms with Gasteiger partial charge in [0, 0.05) is 32.7 Å². The van der Waals surface area contributed by atoms with Crippen LogP contribution in [-0.2, 0) is 0 Å². The Labute approximate surface area is 300 Å². The van der Waals surface area contributed by atoms with Crippen LogP contribution in [0.3, 0.4) is 0 Å². The standard InChI is InChI=1S/C45H28N4O/c1-3-11-29(12-4-1)31-19-21-32(22-20-31)43-46-44(34-24-26-42-38(28-34)36-16-8-10-18-41(36)50-42)48-45(47-43)49-39-17-9-7-15-35(39)37-27-33(23-25-40(37)49)30-13-5-2-6-14-30/h1-28H/i2D,5D,6D,7D,9D,13D,14D,15D,17D. The number of nitrogens with zero attached hydrogens (tertiary/aromatic N) is 4. The first kappa shape index (κ1) is 20.5. The molecule has 0 aliphatic heterocycles. The molecule has 10 aromatic rings. The van der Waals surface area contributed by atoms with Gasteiger partial charge in [-0.25, -0.2) is 4.98 Å². The molecule has 5 heteroatoms. The summed E-state index contributed by atoms with van der Waals surface area (Å²) in [5.74, 6) is 0.694. The first-order valence-corrected chi connectivity index (χ1v) is 16.0. The fourth-order valence-electron chi connectivity index (χ4n) is 6.51. The SMILES string of the molecule is [2H]c1c([2H])c([2H])c(-c2ccc3c(c2)c2c([2H])c([2H])c([2H])c([2H])c2n3-c2nc(-c3ccc(-c4ccccc4)cc3)nc(-c3ccc4oc5ccccc5c4c3)n2)c([2H])c1[2H]. The third-order valence-electron chi connectivity index (χ3n) is 8.90. The third-order valence-corrected chi connectivity index (χ3v) is 8.90. The molecule has 0 unspecified atom stereocenters. The Morgan fingerprint density at radius 3 is 1.92 bits per heavy atom. The maximum atomic E-state index is 9.18. The zero-order valence-electron chi connectivity index (χ0n) is 35.2. The summed E-state index contributed by atoms with van der Waals surface area (Å²) < 4.78 is 85.2.